The van der Waals surface area contributed by atoms with Gasteiger partial charge in [-0.1, -0.05) is 24.3 Å². The van der Waals surface area contributed by atoms with Crippen molar-refractivity contribution in [3.63, 3.8) is 0 Å². The topological polar surface area (TPSA) is 60.2 Å². The summed E-state index contributed by atoms with van der Waals surface area (Å²) in [5.41, 5.74) is 4.64. The van der Waals surface area contributed by atoms with E-state index in [-0.39, 0.29) is 5.91 Å². The fraction of sp³-hybridized carbons (Fsp3) is 0.318. The first kappa shape index (κ1) is 18.4. The fourth-order valence-electron chi connectivity index (χ4n) is 3.68. The van der Waals surface area contributed by atoms with Gasteiger partial charge in [0, 0.05) is 31.1 Å². The molecule has 0 aliphatic heterocycles. The summed E-state index contributed by atoms with van der Waals surface area (Å²) in [6.07, 6.45) is 4.64. The highest BCUT2D eigenvalue weighted by molar-refractivity contribution is 5.94. The minimum absolute atomic E-state index is 0.0597. The highest BCUT2D eigenvalue weighted by Gasteiger charge is 2.29. The standard InChI is InChI=1S/C22H24N4O2/c1-28-15-14-25(16-17-8-5-6-13-23-17)22(27)21-19-11-7-12-20(19)26(24-21)18-9-3-2-4-10-18/h2-6,8-10,13H,7,11-12,14-16H2,1H3. The number of rotatable bonds is 7. The van der Waals surface area contributed by atoms with Crippen LogP contribution in [0.5, 0.6) is 0 Å². The molecule has 0 radical (unpaired) electrons. The summed E-state index contributed by atoms with van der Waals surface area (Å²) in [4.78, 5) is 19.6. The van der Waals surface area contributed by atoms with Crippen LogP contribution in [-0.4, -0.2) is 45.8 Å². The Bertz CT molecular complexity index is 938. The maximum Gasteiger partial charge on any atom is 0.275 e. The second kappa shape index (κ2) is 8.35. The van der Waals surface area contributed by atoms with Gasteiger partial charge in [-0.3, -0.25) is 9.78 Å². The number of nitrogens with zero attached hydrogens (tertiary/aromatic N) is 4. The van der Waals surface area contributed by atoms with Crippen molar-refractivity contribution in [1.29, 1.82) is 0 Å². The van der Waals surface area contributed by atoms with Crippen LogP contribution in [-0.2, 0) is 24.1 Å². The monoisotopic (exact) mass is 376 g/mol. The largest absolute Gasteiger partial charge is 0.383 e. The summed E-state index contributed by atoms with van der Waals surface area (Å²) in [5.74, 6) is -0.0597. The van der Waals surface area contributed by atoms with Crippen LogP contribution in [0.15, 0.2) is 54.7 Å². The van der Waals surface area contributed by atoms with E-state index in [1.165, 1.54) is 0 Å². The van der Waals surface area contributed by atoms with Crippen molar-refractivity contribution in [1.82, 2.24) is 19.7 Å². The quantitative estimate of drug-likeness (QED) is 0.636. The first-order valence-corrected chi connectivity index (χ1v) is 9.62. The molecule has 1 aromatic carbocycles. The summed E-state index contributed by atoms with van der Waals surface area (Å²) in [6.45, 7) is 1.41. The van der Waals surface area contributed by atoms with Crippen LogP contribution in [0.25, 0.3) is 5.69 Å². The predicted molar refractivity (Wildman–Crippen MR) is 106 cm³/mol. The Kier molecular flexibility index (Phi) is 5.48. The van der Waals surface area contributed by atoms with Crippen LogP contribution in [0.1, 0.15) is 33.9 Å². The number of methoxy groups -OCH3 is 1. The molecule has 3 aromatic rings. The van der Waals surface area contributed by atoms with E-state index in [0.717, 1.165) is 41.9 Å². The van der Waals surface area contributed by atoms with Crippen molar-refractivity contribution in [2.75, 3.05) is 20.3 Å². The van der Waals surface area contributed by atoms with Gasteiger partial charge in [-0.2, -0.15) is 5.10 Å². The van der Waals surface area contributed by atoms with Gasteiger partial charge in [0.25, 0.3) is 5.91 Å². The fourth-order valence-corrected chi connectivity index (χ4v) is 3.68. The lowest BCUT2D eigenvalue weighted by molar-refractivity contribution is 0.0670. The van der Waals surface area contributed by atoms with E-state index < -0.39 is 0 Å². The van der Waals surface area contributed by atoms with Crippen molar-refractivity contribution in [3.05, 3.63) is 77.4 Å². The molecule has 0 saturated carbocycles. The zero-order valence-corrected chi connectivity index (χ0v) is 16.0. The molecule has 2 heterocycles. The Balaban J connectivity index is 1.67. The molecule has 0 unspecified atom stereocenters. The number of benzene rings is 1. The number of carbonyl (C=O) groups excluding carboxylic acids is 1. The molecule has 0 saturated heterocycles. The highest BCUT2D eigenvalue weighted by Crippen LogP contribution is 2.28. The number of carbonyl (C=O) groups is 1. The molecule has 0 fully saturated rings. The van der Waals surface area contributed by atoms with Crippen molar-refractivity contribution < 1.29 is 9.53 Å². The average Bonchev–Trinajstić information content (AvgIpc) is 3.35. The summed E-state index contributed by atoms with van der Waals surface area (Å²) >= 11 is 0. The first-order chi connectivity index (χ1) is 13.8. The molecule has 0 atom stereocenters. The molecule has 4 rings (SSSR count). The van der Waals surface area contributed by atoms with Gasteiger partial charge in [0.05, 0.1) is 24.5 Å². The van der Waals surface area contributed by atoms with E-state index in [4.69, 9.17) is 9.84 Å². The summed E-state index contributed by atoms with van der Waals surface area (Å²) in [7, 11) is 1.64. The zero-order valence-electron chi connectivity index (χ0n) is 16.0. The van der Waals surface area contributed by atoms with E-state index in [0.29, 0.717) is 25.4 Å². The second-order valence-corrected chi connectivity index (χ2v) is 6.92. The summed E-state index contributed by atoms with van der Waals surface area (Å²) in [5, 5.41) is 4.74. The highest BCUT2D eigenvalue weighted by atomic mass is 16.5. The second-order valence-electron chi connectivity index (χ2n) is 6.92. The van der Waals surface area contributed by atoms with Crippen molar-refractivity contribution in [3.8, 4) is 5.69 Å². The van der Waals surface area contributed by atoms with Crippen LogP contribution in [0.4, 0.5) is 0 Å². The number of para-hydroxylation sites is 1. The van der Waals surface area contributed by atoms with Crippen LogP contribution in [0, 0.1) is 0 Å². The Morgan fingerprint density at radius 3 is 2.71 bits per heavy atom. The van der Waals surface area contributed by atoms with E-state index in [9.17, 15) is 4.79 Å². The third kappa shape index (κ3) is 3.68. The maximum atomic E-state index is 13.4. The Hall–Kier alpha value is -2.99. The molecule has 28 heavy (non-hydrogen) atoms. The molecular formula is C22H24N4O2. The van der Waals surface area contributed by atoms with Crippen molar-refractivity contribution in [2.45, 2.75) is 25.8 Å². The van der Waals surface area contributed by atoms with Crippen LogP contribution in [0.3, 0.4) is 0 Å². The van der Waals surface area contributed by atoms with E-state index in [1.807, 2.05) is 53.2 Å². The van der Waals surface area contributed by atoms with Gasteiger partial charge >= 0.3 is 0 Å². The van der Waals surface area contributed by atoms with Gasteiger partial charge in [0.15, 0.2) is 5.69 Å². The van der Waals surface area contributed by atoms with E-state index in [1.54, 1.807) is 18.2 Å². The van der Waals surface area contributed by atoms with E-state index >= 15 is 0 Å². The van der Waals surface area contributed by atoms with Crippen LogP contribution < -0.4 is 0 Å². The number of hydrogen-bond donors (Lipinski definition) is 0. The van der Waals surface area contributed by atoms with Gasteiger partial charge in [-0.05, 0) is 43.5 Å². The van der Waals surface area contributed by atoms with E-state index in [2.05, 4.69) is 4.98 Å². The molecular weight excluding hydrogens is 352 g/mol. The predicted octanol–water partition coefficient (Wildman–Crippen LogP) is 3.04. The molecule has 2 aromatic heterocycles. The van der Waals surface area contributed by atoms with Gasteiger partial charge < -0.3 is 9.64 Å². The molecule has 0 bridgehead atoms. The number of ether oxygens (including phenoxy) is 1. The summed E-state index contributed by atoms with van der Waals surface area (Å²) < 4.78 is 7.16. The summed E-state index contributed by atoms with van der Waals surface area (Å²) in [6, 6.07) is 15.8. The normalized spacial score (nSPS) is 12.8. The van der Waals surface area contributed by atoms with Gasteiger partial charge in [-0.15, -0.1) is 0 Å². The van der Waals surface area contributed by atoms with Gasteiger partial charge in [0.2, 0.25) is 0 Å². The molecule has 144 valence electrons. The molecule has 1 amide bonds. The Morgan fingerprint density at radius 1 is 1.14 bits per heavy atom. The van der Waals surface area contributed by atoms with Crippen molar-refractivity contribution in [2.24, 2.45) is 0 Å². The van der Waals surface area contributed by atoms with Crippen molar-refractivity contribution >= 4 is 5.91 Å². The average molecular weight is 376 g/mol. The molecule has 6 nitrogen and oxygen atoms in total. The van der Waals surface area contributed by atoms with Gasteiger partial charge in [-0.25, -0.2) is 4.68 Å². The number of aromatic nitrogens is 3. The molecule has 0 N–H and O–H groups in total. The smallest absolute Gasteiger partial charge is 0.275 e. The number of hydrogen-bond acceptors (Lipinski definition) is 4. The number of fused-ring (bicyclic) bond motifs is 1. The lowest BCUT2D eigenvalue weighted by atomic mass is 10.1. The molecule has 1 aliphatic carbocycles. The number of amides is 1. The lowest BCUT2D eigenvalue weighted by Crippen LogP contribution is -2.34. The zero-order chi connectivity index (χ0) is 19.3. The van der Waals surface area contributed by atoms with Gasteiger partial charge in [0.1, 0.15) is 0 Å². The third-order valence-corrected chi connectivity index (χ3v) is 5.07. The maximum absolute atomic E-state index is 13.4. The SMILES string of the molecule is COCCN(Cc1ccccn1)C(=O)c1nn(-c2ccccc2)c2c1CCC2. The minimum atomic E-state index is -0.0597. The minimum Gasteiger partial charge on any atom is -0.383 e. The third-order valence-electron chi connectivity index (χ3n) is 5.07. The molecule has 6 heteroatoms. The van der Waals surface area contributed by atoms with Crippen LogP contribution >= 0.6 is 0 Å². The molecule has 0 spiro atoms. The Labute approximate surface area is 164 Å². The molecule has 1 aliphatic rings. The van der Waals surface area contributed by atoms with Crippen LogP contribution in [0.2, 0.25) is 0 Å². The lowest BCUT2D eigenvalue weighted by Gasteiger charge is -2.21. The first-order valence-electron chi connectivity index (χ1n) is 9.62. The Morgan fingerprint density at radius 2 is 1.96 bits per heavy atom. The number of pyridine rings is 1.